The van der Waals surface area contributed by atoms with E-state index < -0.39 is 10.8 Å². The van der Waals surface area contributed by atoms with Gasteiger partial charge in [-0.15, -0.1) is 0 Å². The third-order valence-electron chi connectivity index (χ3n) is 3.16. The Hall–Kier alpha value is -0.730. The molecule has 4 heteroatoms. The number of carbonyl (C=O) groups excluding carboxylic acids is 1. The number of allylic oxidation sites excluding steroid dienone is 5. The van der Waals surface area contributed by atoms with Crippen molar-refractivity contribution in [1.82, 2.24) is 0 Å². The molecule has 0 aromatic heterocycles. The molecule has 0 aliphatic heterocycles. The number of carbonyl (C=O) groups is 1. The van der Waals surface area contributed by atoms with Gasteiger partial charge in [0.2, 0.25) is 4.84 Å². The minimum atomic E-state index is -1.09. The minimum absolute atomic E-state index is 0.323. The fourth-order valence-electron chi connectivity index (χ4n) is 1.87. The first-order chi connectivity index (χ1) is 10.3. The van der Waals surface area contributed by atoms with Gasteiger partial charge in [-0.25, -0.2) is 4.79 Å². The fraction of sp³-hybridized carbons (Fsp3) is 0.611. The summed E-state index contributed by atoms with van der Waals surface area (Å²) in [5.41, 5.74) is 4.12. The van der Waals surface area contributed by atoms with Crippen LogP contribution in [0, 0.1) is 0 Å². The molecule has 0 bridgehead atoms. The van der Waals surface area contributed by atoms with Crippen LogP contribution in [0.1, 0.15) is 59.8 Å². The summed E-state index contributed by atoms with van der Waals surface area (Å²) in [6.45, 7) is 8.87. The van der Waals surface area contributed by atoms with Crippen molar-refractivity contribution in [3.8, 4) is 0 Å². The summed E-state index contributed by atoms with van der Waals surface area (Å²) in [5, 5.41) is 0. The van der Waals surface area contributed by atoms with Crippen molar-refractivity contribution in [1.29, 1.82) is 0 Å². The molecule has 0 spiro atoms. The van der Waals surface area contributed by atoms with Crippen LogP contribution in [0.2, 0.25) is 0 Å². The Morgan fingerprint density at radius 3 is 1.91 bits per heavy atom. The van der Waals surface area contributed by atoms with Gasteiger partial charge in [0.15, 0.2) is 0 Å². The lowest BCUT2D eigenvalue weighted by Crippen LogP contribution is -2.12. The molecule has 0 aromatic carbocycles. The van der Waals surface area contributed by atoms with E-state index in [9.17, 15) is 4.79 Å². The van der Waals surface area contributed by atoms with Crippen LogP contribution in [0.25, 0.3) is 0 Å². The van der Waals surface area contributed by atoms with Crippen molar-refractivity contribution in [2.24, 2.45) is 0 Å². The number of ether oxygens (including phenoxy) is 1. The first-order valence-corrected chi connectivity index (χ1v) is 8.59. The molecular formula is C18H28Cl2O2. The van der Waals surface area contributed by atoms with Gasteiger partial charge in [-0.1, -0.05) is 58.1 Å². The molecule has 2 nitrogen and oxygen atoms in total. The van der Waals surface area contributed by atoms with Crippen LogP contribution >= 0.6 is 23.2 Å². The smallest absolute Gasteiger partial charge is 0.339 e. The lowest BCUT2D eigenvalue weighted by Gasteiger charge is -2.04. The van der Waals surface area contributed by atoms with E-state index in [1.165, 1.54) is 16.7 Å². The first kappa shape index (κ1) is 21.3. The number of esters is 1. The molecule has 0 radical (unpaired) electrons. The Morgan fingerprint density at radius 1 is 0.909 bits per heavy atom. The van der Waals surface area contributed by atoms with Crippen molar-refractivity contribution in [2.75, 3.05) is 6.61 Å². The van der Waals surface area contributed by atoms with Gasteiger partial charge in [-0.2, -0.15) is 0 Å². The second-order valence-electron chi connectivity index (χ2n) is 5.72. The van der Waals surface area contributed by atoms with Crippen molar-refractivity contribution < 1.29 is 9.53 Å². The van der Waals surface area contributed by atoms with Crippen LogP contribution in [-0.2, 0) is 9.53 Å². The Labute approximate surface area is 145 Å². The summed E-state index contributed by atoms with van der Waals surface area (Å²) in [6, 6.07) is 0. The van der Waals surface area contributed by atoms with Gasteiger partial charge in [-0.3, -0.25) is 0 Å². The highest BCUT2D eigenvalue weighted by molar-refractivity contribution is 6.52. The molecule has 0 aliphatic rings. The van der Waals surface area contributed by atoms with Gasteiger partial charge < -0.3 is 4.74 Å². The third-order valence-corrected chi connectivity index (χ3v) is 3.51. The van der Waals surface area contributed by atoms with Crippen LogP contribution in [0.3, 0.4) is 0 Å². The Kier molecular flexibility index (Phi) is 12.4. The number of halogens is 2. The summed E-state index contributed by atoms with van der Waals surface area (Å²) in [4.78, 5) is 9.95. The average Bonchev–Trinajstić information content (AvgIpc) is 2.42. The van der Waals surface area contributed by atoms with Gasteiger partial charge in [0.1, 0.15) is 0 Å². The normalized spacial score (nSPS) is 12.5. The highest BCUT2D eigenvalue weighted by Gasteiger charge is 2.11. The highest BCUT2D eigenvalue weighted by atomic mass is 35.5. The predicted molar refractivity (Wildman–Crippen MR) is 96.5 cm³/mol. The second kappa shape index (κ2) is 12.8. The molecule has 126 valence electrons. The SMILES string of the molecule is CC(C)=CCCC(C)=CCCC(C)=CCCOC(=O)C(Cl)Cl. The van der Waals surface area contributed by atoms with Crippen LogP contribution in [0.5, 0.6) is 0 Å². The van der Waals surface area contributed by atoms with Crippen LogP contribution < -0.4 is 0 Å². The number of hydrogen-bond donors (Lipinski definition) is 0. The number of rotatable bonds is 10. The van der Waals surface area contributed by atoms with Gasteiger partial charge >= 0.3 is 5.97 Å². The van der Waals surface area contributed by atoms with Crippen molar-refractivity contribution >= 4 is 29.2 Å². The molecule has 0 fully saturated rings. The molecule has 0 amide bonds. The topological polar surface area (TPSA) is 26.3 Å². The van der Waals surface area contributed by atoms with Gasteiger partial charge in [-0.05, 0) is 59.8 Å². The Balaban J connectivity index is 3.87. The summed E-state index contributed by atoms with van der Waals surface area (Å²) < 4.78 is 4.90. The van der Waals surface area contributed by atoms with Gasteiger partial charge in [0.05, 0.1) is 6.61 Å². The minimum Gasteiger partial charge on any atom is -0.463 e. The van der Waals surface area contributed by atoms with E-state index >= 15 is 0 Å². The standard InChI is InChI=1S/C18H28Cl2O2/c1-14(2)8-5-9-15(3)10-6-11-16(4)12-7-13-22-18(21)17(19)20/h8,10,12,17H,5-7,9,11,13H2,1-4H3. The van der Waals surface area contributed by atoms with Crippen molar-refractivity contribution in [2.45, 2.75) is 64.6 Å². The monoisotopic (exact) mass is 346 g/mol. The largest absolute Gasteiger partial charge is 0.463 e. The molecule has 22 heavy (non-hydrogen) atoms. The zero-order chi connectivity index (χ0) is 17.0. The molecule has 0 heterocycles. The van der Waals surface area contributed by atoms with Crippen LogP contribution in [0.4, 0.5) is 0 Å². The number of hydrogen-bond acceptors (Lipinski definition) is 2. The van der Waals surface area contributed by atoms with E-state index in [1.54, 1.807) is 0 Å². The maximum Gasteiger partial charge on any atom is 0.339 e. The Bertz CT molecular complexity index is 417. The molecule has 0 unspecified atom stereocenters. The van der Waals surface area contributed by atoms with Gasteiger partial charge in [0.25, 0.3) is 0 Å². The lowest BCUT2D eigenvalue weighted by molar-refractivity contribution is -0.141. The third kappa shape index (κ3) is 13.0. The van der Waals surface area contributed by atoms with E-state index in [0.717, 1.165) is 25.7 Å². The zero-order valence-electron chi connectivity index (χ0n) is 14.1. The van der Waals surface area contributed by atoms with E-state index in [2.05, 4.69) is 45.9 Å². The Morgan fingerprint density at radius 2 is 1.41 bits per heavy atom. The summed E-state index contributed by atoms with van der Waals surface area (Å²) in [6.07, 6.45) is 11.7. The summed E-state index contributed by atoms with van der Waals surface area (Å²) in [7, 11) is 0. The van der Waals surface area contributed by atoms with E-state index in [-0.39, 0.29) is 0 Å². The van der Waals surface area contributed by atoms with E-state index in [0.29, 0.717) is 13.0 Å². The molecular weight excluding hydrogens is 319 g/mol. The second-order valence-corrected chi connectivity index (χ2v) is 6.81. The average molecular weight is 347 g/mol. The van der Waals surface area contributed by atoms with Gasteiger partial charge in [0, 0.05) is 0 Å². The molecule has 0 saturated heterocycles. The molecule has 0 saturated carbocycles. The zero-order valence-corrected chi connectivity index (χ0v) is 15.6. The molecule has 0 atom stereocenters. The van der Waals surface area contributed by atoms with Crippen molar-refractivity contribution in [3.63, 3.8) is 0 Å². The van der Waals surface area contributed by atoms with E-state index in [4.69, 9.17) is 27.9 Å². The molecule has 0 aliphatic carbocycles. The highest BCUT2D eigenvalue weighted by Crippen LogP contribution is 2.12. The van der Waals surface area contributed by atoms with E-state index in [1.807, 2.05) is 0 Å². The first-order valence-electron chi connectivity index (χ1n) is 7.72. The summed E-state index contributed by atoms with van der Waals surface area (Å²) in [5.74, 6) is -0.579. The predicted octanol–water partition coefficient (Wildman–Crippen LogP) is 6.14. The quantitative estimate of drug-likeness (QED) is 0.205. The summed E-state index contributed by atoms with van der Waals surface area (Å²) >= 11 is 10.8. The van der Waals surface area contributed by atoms with Crippen LogP contribution in [-0.4, -0.2) is 17.4 Å². The van der Waals surface area contributed by atoms with Crippen molar-refractivity contribution in [3.05, 3.63) is 34.9 Å². The number of alkyl halides is 2. The van der Waals surface area contributed by atoms with Crippen LogP contribution in [0.15, 0.2) is 34.9 Å². The maximum absolute atomic E-state index is 11.0. The maximum atomic E-state index is 11.0. The fourth-order valence-corrected chi connectivity index (χ4v) is 1.99. The molecule has 0 N–H and O–H groups in total. The lowest BCUT2D eigenvalue weighted by atomic mass is 10.1. The molecule has 0 aromatic rings. The molecule has 0 rings (SSSR count).